The molecule has 1 aromatic carbocycles. The SMILES string of the molecule is CCCCC(C)(C)C1=CC2Sc3cc4c(cc3N=C2C=C1)N=C1C=CC(C(C)(C)CCCC)=CC1S4. The van der Waals surface area contributed by atoms with Gasteiger partial charge in [0.25, 0.3) is 0 Å². The molecule has 0 bridgehead atoms. The Morgan fingerprint density at radius 2 is 1.11 bits per heavy atom. The fraction of sp³-hybridized carbons (Fsp3) is 0.500. The lowest BCUT2D eigenvalue weighted by Gasteiger charge is -2.33. The summed E-state index contributed by atoms with van der Waals surface area (Å²) in [6, 6.07) is 4.55. The Morgan fingerprint density at radius 3 is 1.53 bits per heavy atom. The molecule has 2 aliphatic carbocycles. The van der Waals surface area contributed by atoms with Gasteiger partial charge in [-0.15, -0.1) is 23.5 Å². The summed E-state index contributed by atoms with van der Waals surface area (Å²) in [5, 5.41) is 0.597. The second kappa shape index (κ2) is 10.2. The van der Waals surface area contributed by atoms with Crippen LogP contribution in [0.25, 0.3) is 0 Å². The predicted molar refractivity (Wildman–Crippen MR) is 161 cm³/mol. The zero-order chi connectivity index (χ0) is 25.5. The van der Waals surface area contributed by atoms with E-state index in [9.17, 15) is 0 Å². The summed E-state index contributed by atoms with van der Waals surface area (Å²) in [5.74, 6) is 0. The molecule has 0 radical (unpaired) electrons. The number of aliphatic imine (C=N–C) groups is 2. The van der Waals surface area contributed by atoms with E-state index in [-0.39, 0.29) is 10.8 Å². The number of unbranched alkanes of at least 4 members (excludes halogenated alkanes) is 2. The Hall–Kier alpha value is -1.78. The van der Waals surface area contributed by atoms with Crippen LogP contribution in [0.5, 0.6) is 0 Å². The number of thioether (sulfide) groups is 2. The van der Waals surface area contributed by atoms with Crippen LogP contribution in [-0.2, 0) is 0 Å². The predicted octanol–water partition coefficient (Wildman–Crippen LogP) is 10.2. The first-order valence-corrected chi connectivity index (χ1v) is 15.5. The first kappa shape index (κ1) is 25.9. The highest BCUT2D eigenvalue weighted by atomic mass is 32.2. The normalized spacial score (nSPS) is 22.5. The minimum atomic E-state index is 0.207. The Bertz CT molecular complexity index is 1130. The van der Waals surface area contributed by atoms with E-state index in [0.29, 0.717) is 10.5 Å². The van der Waals surface area contributed by atoms with Crippen LogP contribution in [0.3, 0.4) is 0 Å². The Balaban J connectivity index is 1.40. The van der Waals surface area contributed by atoms with E-state index in [4.69, 9.17) is 9.98 Å². The highest BCUT2D eigenvalue weighted by molar-refractivity contribution is 8.01. The van der Waals surface area contributed by atoms with E-state index in [1.54, 1.807) is 0 Å². The van der Waals surface area contributed by atoms with Gasteiger partial charge in [-0.3, -0.25) is 9.98 Å². The third kappa shape index (κ3) is 5.13. The van der Waals surface area contributed by atoms with Crippen LogP contribution in [0.2, 0.25) is 0 Å². The molecule has 36 heavy (non-hydrogen) atoms. The number of benzene rings is 1. The molecule has 190 valence electrons. The van der Waals surface area contributed by atoms with Gasteiger partial charge in [-0.1, -0.05) is 91.5 Å². The van der Waals surface area contributed by atoms with Crippen molar-refractivity contribution in [2.24, 2.45) is 20.8 Å². The second-order valence-electron chi connectivity index (χ2n) is 11.8. The van der Waals surface area contributed by atoms with Crippen molar-refractivity contribution in [1.82, 2.24) is 0 Å². The molecule has 2 heterocycles. The average Bonchev–Trinajstić information content (AvgIpc) is 2.86. The van der Waals surface area contributed by atoms with Crippen molar-refractivity contribution >= 4 is 46.3 Å². The van der Waals surface area contributed by atoms with Crippen LogP contribution >= 0.6 is 23.5 Å². The van der Waals surface area contributed by atoms with Crippen molar-refractivity contribution in [1.29, 1.82) is 0 Å². The van der Waals surface area contributed by atoms with Crippen LogP contribution in [-0.4, -0.2) is 21.9 Å². The summed E-state index contributed by atoms with van der Waals surface area (Å²) >= 11 is 3.90. The van der Waals surface area contributed by atoms with E-state index in [1.807, 2.05) is 23.5 Å². The quantitative estimate of drug-likeness (QED) is 0.343. The maximum absolute atomic E-state index is 5.09. The monoisotopic (exact) mass is 516 g/mol. The summed E-state index contributed by atoms with van der Waals surface area (Å²) in [4.78, 5) is 12.7. The van der Waals surface area contributed by atoms with E-state index in [2.05, 4.69) is 90.1 Å². The van der Waals surface area contributed by atoms with Gasteiger partial charge in [-0.2, -0.15) is 0 Å². The number of nitrogens with zero attached hydrogens (tertiary/aromatic N) is 2. The number of fused-ring (bicyclic) bond motifs is 4. The molecule has 0 fully saturated rings. The minimum Gasteiger partial charge on any atom is -0.251 e. The van der Waals surface area contributed by atoms with Gasteiger partial charge in [0, 0.05) is 9.79 Å². The molecule has 4 aliphatic rings. The molecule has 0 saturated heterocycles. The van der Waals surface area contributed by atoms with Crippen molar-refractivity contribution in [3.63, 3.8) is 0 Å². The third-order valence-electron chi connectivity index (χ3n) is 8.03. The fourth-order valence-corrected chi connectivity index (χ4v) is 7.80. The largest absolute Gasteiger partial charge is 0.251 e. The van der Waals surface area contributed by atoms with Crippen LogP contribution in [0.1, 0.15) is 80.1 Å². The molecule has 5 rings (SSSR count). The number of allylic oxidation sites excluding steroid dienone is 6. The molecule has 2 aliphatic heterocycles. The first-order chi connectivity index (χ1) is 17.2. The molecule has 2 nitrogen and oxygen atoms in total. The molecule has 1 aromatic rings. The summed E-state index contributed by atoms with van der Waals surface area (Å²) < 4.78 is 0. The number of hydrogen-bond donors (Lipinski definition) is 0. The van der Waals surface area contributed by atoms with E-state index >= 15 is 0 Å². The molecule has 0 N–H and O–H groups in total. The Morgan fingerprint density at radius 1 is 0.667 bits per heavy atom. The fourth-order valence-electron chi connectivity index (χ4n) is 5.42. The van der Waals surface area contributed by atoms with Gasteiger partial charge in [0.2, 0.25) is 0 Å². The van der Waals surface area contributed by atoms with Gasteiger partial charge in [-0.25, -0.2) is 0 Å². The highest BCUT2D eigenvalue weighted by Gasteiger charge is 2.32. The highest BCUT2D eigenvalue weighted by Crippen LogP contribution is 2.50. The van der Waals surface area contributed by atoms with Crippen molar-refractivity contribution in [3.05, 3.63) is 59.7 Å². The van der Waals surface area contributed by atoms with Gasteiger partial charge >= 0.3 is 0 Å². The number of rotatable bonds is 8. The third-order valence-corrected chi connectivity index (χ3v) is 10.5. The molecule has 2 unspecified atom stereocenters. The Kier molecular flexibility index (Phi) is 7.31. The molecular weight excluding hydrogens is 477 g/mol. The van der Waals surface area contributed by atoms with Gasteiger partial charge in [0.15, 0.2) is 0 Å². The lowest BCUT2D eigenvalue weighted by atomic mass is 9.77. The smallest absolute Gasteiger partial charge is 0.0792 e. The maximum atomic E-state index is 5.09. The standard InChI is InChI=1S/C32H40N2S2/c1-7-9-15-31(3,4)21-11-13-23-27(17-21)35-29-20-30-26(19-25(29)33-23)34-24-14-12-22(18-28(24)36-30)32(5,6)16-10-8-2/h11-14,17-20,27-28H,7-10,15-16H2,1-6H3. The van der Waals surface area contributed by atoms with E-state index < -0.39 is 0 Å². The second-order valence-corrected chi connectivity index (χ2v) is 14.2. The van der Waals surface area contributed by atoms with Gasteiger partial charge < -0.3 is 0 Å². The molecule has 0 saturated carbocycles. The lowest BCUT2D eigenvalue weighted by molar-refractivity contribution is 0.399. The average molecular weight is 517 g/mol. The molecular formula is C32H40N2S2. The summed E-state index contributed by atoms with van der Waals surface area (Å²) in [6.45, 7) is 14.1. The van der Waals surface area contributed by atoms with Crippen molar-refractivity contribution < 1.29 is 0 Å². The summed E-state index contributed by atoms with van der Waals surface area (Å²) in [6.07, 6.45) is 21.5. The van der Waals surface area contributed by atoms with Crippen molar-refractivity contribution in [3.8, 4) is 0 Å². The number of hydrogen-bond acceptors (Lipinski definition) is 4. The molecule has 0 amide bonds. The Labute approximate surface area is 226 Å². The van der Waals surface area contributed by atoms with Crippen molar-refractivity contribution in [2.45, 2.75) is 100 Å². The first-order valence-electron chi connectivity index (χ1n) is 13.7. The van der Waals surface area contributed by atoms with Crippen LogP contribution in [0.4, 0.5) is 11.4 Å². The van der Waals surface area contributed by atoms with Crippen LogP contribution in [0.15, 0.2) is 79.5 Å². The topological polar surface area (TPSA) is 24.7 Å². The summed E-state index contributed by atoms with van der Waals surface area (Å²) in [7, 11) is 0. The van der Waals surface area contributed by atoms with E-state index in [0.717, 1.165) is 22.8 Å². The molecule has 2 atom stereocenters. The zero-order valence-electron chi connectivity index (χ0n) is 22.7. The molecule has 0 aromatic heterocycles. The van der Waals surface area contributed by atoms with Crippen LogP contribution < -0.4 is 0 Å². The lowest BCUT2D eigenvalue weighted by Crippen LogP contribution is -2.24. The van der Waals surface area contributed by atoms with Crippen LogP contribution in [0, 0.1) is 10.8 Å². The van der Waals surface area contributed by atoms with Gasteiger partial charge in [0.05, 0.1) is 33.3 Å². The molecule has 4 heteroatoms. The zero-order valence-corrected chi connectivity index (χ0v) is 24.4. The minimum absolute atomic E-state index is 0.207. The van der Waals surface area contributed by atoms with Gasteiger partial charge in [0.1, 0.15) is 0 Å². The van der Waals surface area contributed by atoms with E-state index in [1.165, 1.54) is 59.5 Å². The van der Waals surface area contributed by atoms with Crippen molar-refractivity contribution in [2.75, 3.05) is 0 Å². The van der Waals surface area contributed by atoms with Gasteiger partial charge in [-0.05, 0) is 59.1 Å². The molecule has 0 spiro atoms. The summed E-state index contributed by atoms with van der Waals surface area (Å²) in [5.41, 5.74) is 7.78. The maximum Gasteiger partial charge on any atom is 0.0792 e.